The predicted molar refractivity (Wildman–Crippen MR) is 101 cm³/mol. The van der Waals surface area contributed by atoms with Crippen LogP contribution in [0.4, 0.5) is 5.69 Å². The van der Waals surface area contributed by atoms with Gasteiger partial charge in [0.1, 0.15) is 0 Å². The summed E-state index contributed by atoms with van der Waals surface area (Å²) in [6.07, 6.45) is 3.93. The standard InChI is InChI=1S/C21H25N3O2/c25-20(24-14-10-16-5-1-2-7-19(16)24)15-23-12-8-17(9-13-23)21(26)18-6-3-4-11-22-18/h1-7,11,17,21,26H,8-10,12-15H2/t21-/m1/s1. The molecule has 1 aromatic carbocycles. The number of aliphatic hydroxyl groups excluding tert-OH is 1. The van der Waals surface area contributed by atoms with Gasteiger partial charge in [-0.15, -0.1) is 0 Å². The van der Waals surface area contributed by atoms with Gasteiger partial charge >= 0.3 is 0 Å². The van der Waals surface area contributed by atoms with E-state index in [4.69, 9.17) is 0 Å². The molecule has 0 unspecified atom stereocenters. The molecule has 0 saturated carbocycles. The van der Waals surface area contributed by atoms with E-state index in [1.807, 2.05) is 41.3 Å². The molecule has 2 aromatic rings. The number of hydrogen-bond donors (Lipinski definition) is 1. The average molecular weight is 351 g/mol. The van der Waals surface area contributed by atoms with E-state index in [9.17, 15) is 9.90 Å². The van der Waals surface area contributed by atoms with Crippen molar-refractivity contribution >= 4 is 11.6 Å². The summed E-state index contributed by atoms with van der Waals surface area (Å²) in [6, 6.07) is 13.8. The second-order valence-corrected chi connectivity index (χ2v) is 7.24. The van der Waals surface area contributed by atoms with Crippen LogP contribution >= 0.6 is 0 Å². The maximum atomic E-state index is 12.7. The minimum Gasteiger partial charge on any atom is -0.387 e. The van der Waals surface area contributed by atoms with Gasteiger partial charge in [0, 0.05) is 18.4 Å². The van der Waals surface area contributed by atoms with Gasteiger partial charge in [-0.05, 0) is 62.0 Å². The third-order valence-corrected chi connectivity index (χ3v) is 5.62. The van der Waals surface area contributed by atoms with Gasteiger partial charge < -0.3 is 10.0 Å². The van der Waals surface area contributed by atoms with Gasteiger partial charge in [0.05, 0.1) is 18.3 Å². The van der Waals surface area contributed by atoms with Crippen molar-refractivity contribution in [3.8, 4) is 0 Å². The van der Waals surface area contributed by atoms with Crippen molar-refractivity contribution in [2.45, 2.75) is 25.4 Å². The minimum atomic E-state index is -0.514. The maximum Gasteiger partial charge on any atom is 0.241 e. The number of carbonyl (C=O) groups is 1. The summed E-state index contributed by atoms with van der Waals surface area (Å²) in [6.45, 7) is 2.93. The molecule has 4 rings (SSSR count). The molecule has 5 heteroatoms. The third kappa shape index (κ3) is 3.50. The molecule has 1 amide bonds. The molecule has 1 atom stereocenters. The second kappa shape index (κ2) is 7.56. The number of pyridine rings is 1. The Hall–Kier alpha value is -2.24. The number of carbonyl (C=O) groups excluding carboxylic acids is 1. The Bertz CT molecular complexity index is 757. The highest BCUT2D eigenvalue weighted by atomic mass is 16.3. The predicted octanol–water partition coefficient (Wildman–Crippen LogP) is 2.42. The van der Waals surface area contributed by atoms with E-state index in [-0.39, 0.29) is 11.8 Å². The monoisotopic (exact) mass is 351 g/mol. The fraction of sp³-hybridized carbons (Fsp3) is 0.429. The summed E-state index contributed by atoms with van der Waals surface area (Å²) in [4.78, 5) is 21.1. The number of para-hydroxylation sites is 1. The number of hydrogen-bond acceptors (Lipinski definition) is 4. The van der Waals surface area contributed by atoms with Crippen LogP contribution in [0.2, 0.25) is 0 Å². The molecule has 5 nitrogen and oxygen atoms in total. The highest BCUT2D eigenvalue weighted by Gasteiger charge is 2.30. The quantitative estimate of drug-likeness (QED) is 0.919. The van der Waals surface area contributed by atoms with Gasteiger partial charge in [0.25, 0.3) is 0 Å². The zero-order valence-electron chi connectivity index (χ0n) is 14.9. The molecular formula is C21H25N3O2. The SMILES string of the molecule is O=C(CN1CCC([C@@H](O)c2ccccn2)CC1)N1CCc2ccccc21. The number of benzene rings is 1. The Morgan fingerprint density at radius 3 is 2.65 bits per heavy atom. The van der Waals surface area contributed by atoms with Crippen molar-refractivity contribution < 1.29 is 9.90 Å². The van der Waals surface area contributed by atoms with Crippen LogP contribution in [-0.4, -0.2) is 47.1 Å². The zero-order valence-corrected chi connectivity index (χ0v) is 14.9. The van der Waals surface area contributed by atoms with Crippen molar-refractivity contribution in [2.24, 2.45) is 5.92 Å². The Labute approximate surface area is 154 Å². The second-order valence-electron chi connectivity index (χ2n) is 7.24. The Kier molecular flexibility index (Phi) is 5.00. The number of aliphatic hydroxyl groups is 1. The van der Waals surface area contributed by atoms with E-state index in [1.165, 1.54) is 5.56 Å². The molecule has 0 aliphatic carbocycles. The van der Waals surface area contributed by atoms with Crippen LogP contribution in [0.25, 0.3) is 0 Å². The van der Waals surface area contributed by atoms with E-state index < -0.39 is 6.10 Å². The summed E-state index contributed by atoms with van der Waals surface area (Å²) >= 11 is 0. The Balaban J connectivity index is 1.31. The molecule has 0 radical (unpaired) electrons. The van der Waals surface area contributed by atoms with Gasteiger partial charge in [-0.2, -0.15) is 0 Å². The highest BCUT2D eigenvalue weighted by Crippen LogP contribution is 2.30. The fourth-order valence-corrected chi connectivity index (χ4v) is 4.09. The summed E-state index contributed by atoms with van der Waals surface area (Å²) < 4.78 is 0. The number of nitrogens with zero attached hydrogens (tertiary/aromatic N) is 3. The van der Waals surface area contributed by atoms with Crippen molar-refractivity contribution in [1.29, 1.82) is 0 Å². The van der Waals surface area contributed by atoms with Gasteiger partial charge in [0.2, 0.25) is 5.91 Å². The van der Waals surface area contributed by atoms with Crippen LogP contribution in [-0.2, 0) is 11.2 Å². The first-order valence-corrected chi connectivity index (χ1v) is 9.42. The van der Waals surface area contributed by atoms with E-state index in [0.717, 1.165) is 50.3 Å². The van der Waals surface area contributed by atoms with Crippen LogP contribution < -0.4 is 4.90 Å². The van der Waals surface area contributed by atoms with Crippen molar-refractivity contribution in [1.82, 2.24) is 9.88 Å². The topological polar surface area (TPSA) is 56.7 Å². The fourth-order valence-electron chi connectivity index (χ4n) is 4.09. The Morgan fingerprint density at radius 1 is 1.12 bits per heavy atom. The number of fused-ring (bicyclic) bond motifs is 1. The van der Waals surface area contributed by atoms with Crippen molar-refractivity contribution in [2.75, 3.05) is 31.1 Å². The molecule has 1 fully saturated rings. The molecule has 136 valence electrons. The van der Waals surface area contributed by atoms with E-state index in [0.29, 0.717) is 6.54 Å². The zero-order chi connectivity index (χ0) is 17.9. The normalized spacial score (nSPS) is 19.3. The first-order chi connectivity index (χ1) is 12.7. The molecule has 2 aliphatic rings. The molecule has 1 N–H and O–H groups in total. The number of aromatic nitrogens is 1. The minimum absolute atomic E-state index is 0.179. The first-order valence-electron chi connectivity index (χ1n) is 9.42. The van der Waals surface area contributed by atoms with Gasteiger partial charge in [-0.25, -0.2) is 0 Å². The number of likely N-dealkylation sites (tertiary alicyclic amines) is 1. The molecular weight excluding hydrogens is 326 g/mol. The van der Waals surface area contributed by atoms with Crippen molar-refractivity contribution in [3.63, 3.8) is 0 Å². The molecule has 0 spiro atoms. The van der Waals surface area contributed by atoms with E-state index in [2.05, 4.69) is 16.0 Å². The summed E-state index contributed by atoms with van der Waals surface area (Å²) in [5, 5.41) is 10.5. The summed E-state index contributed by atoms with van der Waals surface area (Å²) in [5.41, 5.74) is 3.08. The molecule has 1 aromatic heterocycles. The van der Waals surface area contributed by atoms with Crippen LogP contribution in [0.1, 0.15) is 30.2 Å². The summed E-state index contributed by atoms with van der Waals surface area (Å²) in [5.74, 6) is 0.391. The third-order valence-electron chi connectivity index (χ3n) is 5.62. The van der Waals surface area contributed by atoms with Gasteiger partial charge in [-0.1, -0.05) is 24.3 Å². The smallest absolute Gasteiger partial charge is 0.241 e. The van der Waals surface area contributed by atoms with Gasteiger partial charge in [0.15, 0.2) is 0 Å². The van der Waals surface area contributed by atoms with E-state index in [1.54, 1.807) is 6.20 Å². The molecule has 2 aliphatic heterocycles. The lowest BCUT2D eigenvalue weighted by atomic mass is 9.89. The Morgan fingerprint density at radius 2 is 1.88 bits per heavy atom. The largest absolute Gasteiger partial charge is 0.387 e. The van der Waals surface area contributed by atoms with Crippen molar-refractivity contribution in [3.05, 3.63) is 59.9 Å². The number of anilines is 1. The maximum absolute atomic E-state index is 12.7. The van der Waals surface area contributed by atoms with Crippen LogP contribution in [0.15, 0.2) is 48.7 Å². The highest BCUT2D eigenvalue weighted by molar-refractivity contribution is 5.96. The lowest BCUT2D eigenvalue weighted by Crippen LogP contribution is -2.43. The molecule has 3 heterocycles. The van der Waals surface area contributed by atoms with Crippen LogP contribution in [0.5, 0.6) is 0 Å². The lowest BCUT2D eigenvalue weighted by molar-refractivity contribution is -0.120. The van der Waals surface area contributed by atoms with Gasteiger partial charge in [-0.3, -0.25) is 14.7 Å². The number of rotatable bonds is 4. The summed E-state index contributed by atoms with van der Waals surface area (Å²) in [7, 11) is 0. The average Bonchev–Trinajstić information content (AvgIpc) is 3.13. The number of piperidine rings is 1. The number of amides is 1. The molecule has 26 heavy (non-hydrogen) atoms. The lowest BCUT2D eigenvalue weighted by Gasteiger charge is -2.34. The van der Waals surface area contributed by atoms with Crippen LogP contribution in [0.3, 0.4) is 0 Å². The molecule has 0 bridgehead atoms. The van der Waals surface area contributed by atoms with E-state index >= 15 is 0 Å². The van der Waals surface area contributed by atoms with Crippen LogP contribution in [0, 0.1) is 5.92 Å². The first kappa shape index (κ1) is 17.2. The molecule has 1 saturated heterocycles.